The molecule has 2 rings (SSSR count). The van der Waals surface area contributed by atoms with Gasteiger partial charge < -0.3 is 16.5 Å². The molecule has 0 saturated heterocycles. The number of nitrogens with two attached hydrogens (primary N) is 2. The van der Waals surface area contributed by atoms with Gasteiger partial charge in [-0.3, -0.25) is 4.79 Å². The van der Waals surface area contributed by atoms with Crippen molar-refractivity contribution in [2.24, 2.45) is 0 Å². The summed E-state index contributed by atoms with van der Waals surface area (Å²) in [6.07, 6.45) is 0. The van der Waals surface area contributed by atoms with Gasteiger partial charge in [-0.25, -0.2) is 0 Å². The van der Waals surface area contributed by atoms with E-state index in [1.54, 1.807) is 24.3 Å². The highest BCUT2D eigenvalue weighted by Crippen LogP contribution is 2.24. The maximum absolute atomic E-state index is 11.4. The third-order valence-electron chi connectivity index (χ3n) is 2.23. The van der Waals surface area contributed by atoms with Crippen LogP contribution in [0.3, 0.4) is 0 Å². The Kier molecular flexibility index (Phi) is 2.58. The molecule has 0 saturated carbocycles. The fourth-order valence-corrected chi connectivity index (χ4v) is 1.54. The van der Waals surface area contributed by atoms with Crippen molar-refractivity contribution in [2.75, 3.05) is 11.5 Å². The number of rotatable bonds is 1. The molecule has 2 aromatic rings. The van der Waals surface area contributed by atoms with Crippen molar-refractivity contribution in [2.45, 2.75) is 0 Å². The normalized spacial score (nSPS) is 10.3. The quantitative estimate of drug-likeness (QED) is 0.705. The van der Waals surface area contributed by atoms with Crippen molar-refractivity contribution in [3.63, 3.8) is 0 Å². The number of hydrogen-bond donors (Lipinski definition) is 3. The molecule has 0 unspecified atom stereocenters. The van der Waals surface area contributed by atoms with Gasteiger partial charge in [-0.05, 0) is 18.2 Å². The number of nitrogens with one attached hydrogen (secondary N) is 1. The average Bonchev–Trinajstić information content (AvgIpc) is 2.25. The summed E-state index contributed by atoms with van der Waals surface area (Å²) in [5.41, 5.74) is 12.8. The van der Waals surface area contributed by atoms with Crippen molar-refractivity contribution < 1.29 is 0 Å². The number of aromatic amines is 1. The highest BCUT2D eigenvalue weighted by atomic mass is 35.5. The van der Waals surface area contributed by atoms with E-state index in [9.17, 15) is 4.79 Å². The van der Waals surface area contributed by atoms with Gasteiger partial charge in [-0.2, -0.15) is 0 Å². The highest BCUT2D eigenvalue weighted by molar-refractivity contribution is 6.30. The van der Waals surface area contributed by atoms with Gasteiger partial charge in [0.1, 0.15) is 0 Å². The Morgan fingerprint density at radius 1 is 1.06 bits per heavy atom. The minimum atomic E-state index is -0.348. The van der Waals surface area contributed by atoms with Crippen molar-refractivity contribution in [3.8, 4) is 11.3 Å². The first-order valence-electron chi connectivity index (χ1n) is 4.62. The van der Waals surface area contributed by atoms with Crippen LogP contribution in [-0.4, -0.2) is 4.98 Å². The molecule has 0 aliphatic heterocycles. The Balaban J connectivity index is 2.60. The second kappa shape index (κ2) is 3.90. The van der Waals surface area contributed by atoms with Crippen LogP contribution in [-0.2, 0) is 0 Å². The van der Waals surface area contributed by atoms with Crippen LogP contribution in [0.2, 0.25) is 5.02 Å². The van der Waals surface area contributed by atoms with Crippen LogP contribution in [0.15, 0.2) is 35.1 Å². The molecular weight excluding hydrogens is 226 g/mol. The molecule has 4 nitrogen and oxygen atoms in total. The molecule has 0 spiro atoms. The van der Waals surface area contributed by atoms with Gasteiger partial charge in [0.15, 0.2) is 0 Å². The van der Waals surface area contributed by atoms with E-state index in [-0.39, 0.29) is 11.2 Å². The maximum atomic E-state index is 11.4. The Hall–Kier alpha value is -1.94. The summed E-state index contributed by atoms with van der Waals surface area (Å²) in [6, 6.07) is 8.46. The molecule has 16 heavy (non-hydrogen) atoms. The zero-order valence-electron chi connectivity index (χ0n) is 8.33. The number of nitrogen functional groups attached to an aromatic ring is 2. The fraction of sp³-hybridized carbons (Fsp3) is 0. The molecule has 1 aromatic heterocycles. The van der Waals surface area contributed by atoms with Gasteiger partial charge in [-0.1, -0.05) is 23.7 Å². The number of hydrogen-bond acceptors (Lipinski definition) is 3. The Morgan fingerprint density at radius 2 is 1.69 bits per heavy atom. The van der Waals surface area contributed by atoms with E-state index >= 15 is 0 Å². The van der Waals surface area contributed by atoms with Gasteiger partial charge in [0.2, 0.25) is 0 Å². The SMILES string of the molecule is Nc1cc(N)c(=O)[nH]c1-c1ccc(Cl)cc1. The second-order valence-corrected chi connectivity index (χ2v) is 3.83. The van der Waals surface area contributed by atoms with Crippen LogP contribution >= 0.6 is 11.6 Å². The van der Waals surface area contributed by atoms with Gasteiger partial charge in [0, 0.05) is 10.6 Å². The third kappa shape index (κ3) is 1.87. The number of halogens is 1. The number of aromatic nitrogens is 1. The van der Waals surface area contributed by atoms with E-state index in [2.05, 4.69) is 4.98 Å². The van der Waals surface area contributed by atoms with Crippen molar-refractivity contribution in [3.05, 3.63) is 45.7 Å². The summed E-state index contributed by atoms with van der Waals surface area (Å²) in [4.78, 5) is 14.0. The lowest BCUT2D eigenvalue weighted by atomic mass is 10.1. The molecule has 1 aromatic carbocycles. The number of benzene rings is 1. The molecule has 0 aliphatic carbocycles. The largest absolute Gasteiger partial charge is 0.397 e. The lowest BCUT2D eigenvalue weighted by molar-refractivity contribution is 1.25. The molecule has 0 atom stereocenters. The Labute approximate surface area is 96.9 Å². The molecule has 5 N–H and O–H groups in total. The zero-order valence-corrected chi connectivity index (χ0v) is 9.08. The minimum Gasteiger partial charge on any atom is -0.397 e. The fourth-order valence-electron chi connectivity index (χ4n) is 1.42. The number of H-pyrrole nitrogens is 1. The summed E-state index contributed by atoms with van der Waals surface area (Å²) in [6.45, 7) is 0. The predicted molar refractivity (Wildman–Crippen MR) is 66.3 cm³/mol. The monoisotopic (exact) mass is 235 g/mol. The minimum absolute atomic E-state index is 0.107. The molecule has 1 heterocycles. The predicted octanol–water partition coefficient (Wildman–Crippen LogP) is 1.86. The van der Waals surface area contributed by atoms with Crippen molar-refractivity contribution in [1.82, 2.24) is 4.98 Å². The summed E-state index contributed by atoms with van der Waals surface area (Å²) >= 11 is 5.77. The molecule has 0 radical (unpaired) electrons. The number of anilines is 2. The van der Waals surface area contributed by atoms with Crippen molar-refractivity contribution >= 4 is 23.0 Å². The van der Waals surface area contributed by atoms with E-state index < -0.39 is 0 Å². The van der Waals surface area contributed by atoms with Gasteiger partial charge >= 0.3 is 0 Å². The first-order valence-corrected chi connectivity index (χ1v) is 5.00. The van der Waals surface area contributed by atoms with Crippen LogP contribution in [0, 0.1) is 0 Å². The smallest absolute Gasteiger partial charge is 0.271 e. The van der Waals surface area contributed by atoms with E-state index in [0.717, 1.165) is 5.56 Å². The lowest BCUT2D eigenvalue weighted by Gasteiger charge is -2.06. The first kappa shape index (κ1) is 10.6. The zero-order chi connectivity index (χ0) is 11.7. The third-order valence-corrected chi connectivity index (χ3v) is 2.49. The molecular formula is C11H10ClN3O. The Bertz CT molecular complexity index is 575. The molecule has 0 bridgehead atoms. The first-order chi connectivity index (χ1) is 7.58. The van der Waals surface area contributed by atoms with E-state index in [1.807, 2.05) is 0 Å². The summed E-state index contributed by atoms with van der Waals surface area (Å²) in [7, 11) is 0. The lowest BCUT2D eigenvalue weighted by Crippen LogP contribution is -2.13. The summed E-state index contributed by atoms with van der Waals surface area (Å²) in [5, 5.41) is 0.625. The van der Waals surface area contributed by atoms with Crippen LogP contribution in [0.1, 0.15) is 0 Å². The van der Waals surface area contributed by atoms with Crippen LogP contribution in [0.25, 0.3) is 11.3 Å². The summed E-state index contributed by atoms with van der Waals surface area (Å²) in [5.74, 6) is 0. The summed E-state index contributed by atoms with van der Waals surface area (Å²) < 4.78 is 0. The van der Waals surface area contributed by atoms with E-state index in [4.69, 9.17) is 23.1 Å². The standard InChI is InChI=1S/C11H10ClN3O/c12-7-3-1-6(2-4-7)10-8(13)5-9(14)11(16)15-10/h1-5H,13-14H2,(H,15,16). The van der Waals surface area contributed by atoms with Crippen molar-refractivity contribution in [1.29, 1.82) is 0 Å². The topological polar surface area (TPSA) is 84.9 Å². The molecule has 5 heteroatoms. The molecule has 82 valence electrons. The van der Waals surface area contributed by atoms with Gasteiger partial charge in [-0.15, -0.1) is 0 Å². The van der Waals surface area contributed by atoms with E-state index in [0.29, 0.717) is 16.4 Å². The van der Waals surface area contributed by atoms with Crippen LogP contribution in [0.5, 0.6) is 0 Å². The van der Waals surface area contributed by atoms with E-state index in [1.165, 1.54) is 6.07 Å². The molecule has 0 fully saturated rings. The maximum Gasteiger partial charge on any atom is 0.271 e. The second-order valence-electron chi connectivity index (χ2n) is 3.39. The highest BCUT2D eigenvalue weighted by Gasteiger charge is 2.06. The van der Waals surface area contributed by atoms with Crippen LogP contribution in [0.4, 0.5) is 11.4 Å². The molecule has 0 aliphatic rings. The Morgan fingerprint density at radius 3 is 2.31 bits per heavy atom. The van der Waals surface area contributed by atoms with Gasteiger partial charge in [0.05, 0.1) is 17.1 Å². The average molecular weight is 236 g/mol. The number of pyridine rings is 1. The van der Waals surface area contributed by atoms with Crippen LogP contribution < -0.4 is 17.0 Å². The molecule has 0 amide bonds. The van der Waals surface area contributed by atoms with Gasteiger partial charge in [0.25, 0.3) is 5.56 Å².